The van der Waals surface area contributed by atoms with Crippen LogP contribution in [0.15, 0.2) is 0 Å². The number of sulfonamides is 1. The van der Waals surface area contributed by atoms with Crippen molar-refractivity contribution < 1.29 is 8.42 Å². The van der Waals surface area contributed by atoms with Gasteiger partial charge in [-0.05, 0) is 18.8 Å². The van der Waals surface area contributed by atoms with Gasteiger partial charge in [-0.2, -0.15) is 0 Å². The highest BCUT2D eigenvalue weighted by Gasteiger charge is 2.25. The van der Waals surface area contributed by atoms with Crippen molar-refractivity contribution in [3.05, 3.63) is 0 Å². The van der Waals surface area contributed by atoms with Crippen molar-refractivity contribution in [2.24, 2.45) is 5.92 Å². The fraction of sp³-hybridized carbons (Fsp3) is 1.00. The molecule has 0 spiro atoms. The molecular formula is C12H26N2O2S. The number of hydrogen-bond acceptors (Lipinski definition) is 3. The Bertz CT molecular complexity index is 314. The molecule has 5 heteroatoms. The van der Waals surface area contributed by atoms with Crippen LogP contribution < -0.4 is 10.0 Å². The maximum atomic E-state index is 11.9. The van der Waals surface area contributed by atoms with Crippen LogP contribution in [0.25, 0.3) is 0 Å². The second-order valence-corrected chi connectivity index (χ2v) is 7.29. The van der Waals surface area contributed by atoms with E-state index in [0.29, 0.717) is 18.5 Å². The predicted octanol–water partition coefficient (Wildman–Crippen LogP) is 1.48. The molecule has 0 bridgehead atoms. The average Bonchev–Trinajstić information content (AvgIpc) is 2.20. The van der Waals surface area contributed by atoms with Gasteiger partial charge in [0.2, 0.25) is 10.0 Å². The van der Waals surface area contributed by atoms with Crippen LogP contribution in [-0.2, 0) is 10.0 Å². The molecule has 1 rings (SSSR count). The van der Waals surface area contributed by atoms with E-state index in [9.17, 15) is 8.42 Å². The van der Waals surface area contributed by atoms with Crippen molar-refractivity contribution in [3.63, 3.8) is 0 Å². The Morgan fingerprint density at radius 1 is 1.24 bits per heavy atom. The molecule has 17 heavy (non-hydrogen) atoms. The van der Waals surface area contributed by atoms with Gasteiger partial charge in [-0.25, -0.2) is 13.1 Å². The molecule has 0 saturated heterocycles. The van der Waals surface area contributed by atoms with Crippen molar-refractivity contribution in [2.75, 3.05) is 12.3 Å². The van der Waals surface area contributed by atoms with Gasteiger partial charge in [0.1, 0.15) is 0 Å². The molecule has 2 unspecified atom stereocenters. The van der Waals surface area contributed by atoms with Crippen molar-refractivity contribution in [3.8, 4) is 0 Å². The number of hydrogen-bond donors (Lipinski definition) is 2. The molecule has 2 atom stereocenters. The van der Waals surface area contributed by atoms with Crippen molar-refractivity contribution in [1.29, 1.82) is 0 Å². The summed E-state index contributed by atoms with van der Waals surface area (Å²) in [6.07, 6.45) is 4.49. The van der Waals surface area contributed by atoms with Crippen LogP contribution in [0.3, 0.4) is 0 Å². The lowest BCUT2D eigenvalue weighted by Crippen LogP contribution is -2.43. The molecular weight excluding hydrogens is 236 g/mol. The first-order valence-corrected chi connectivity index (χ1v) is 8.29. The fourth-order valence-corrected chi connectivity index (χ4v) is 3.58. The van der Waals surface area contributed by atoms with Crippen LogP contribution in [0.1, 0.15) is 46.5 Å². The molecule has 0 aromatic rings. The minimum atomic E-state index is -3.12. The van der Waals surface area contributed by atoms with Gasteiger partial charge in [-0.15, -0.1) is 0 Å². The third-order valence-corrected chi connectivity index (χ3v) is 4.77. The van der Waals surface area contributed by atoms with Gasteiger partial charge in [-0.1, -0.05) is 33.6 Å². The summed E-state index contributed by atoms with van der Waals surface area (Å²) in [5.74, 6) is 0.644. The third-order valence-electron chi connectivity index (χ3n) is 3.37. The summed E-state index contributed by atoms with van der Waals surface area (Å²) in [5.41, 5.74) is 0. The number of rotatable bonds is 6. The van der Waals surface area contributed by atoms with E-state index < -0.39 is 10.0 Å². The smallest absolute Gasteiger partial charge is 0.213 e. The summed E-state index contributed by atoms with van der Waals surface area (Å²) in [5, 5.41) is 3.13. The Labute approximate surface area is 106 Å². The summed E-state index contributed by atoms with van der Waals surface area (Å²) < 4.78 is 26.6. The Morgan fingerprint density at radius 2 is 1.88 bits per heavy atom. The maximum absolute atomic E-state index is 11.9. The predicted molar refractivity (Wildman–Crippen MR) is 71.5 cm³/mol. The van der Waals surface area contributed by atoms with E-state index in [1.807, 2.05) is 13.8 Å². The lowest BCUT2D eigenvalue weighted by atomic mass is 9.87. The van der Waals surface area contributed by atoms with Crippen LogP contribution in [0.5, 0.6) is 0 Å². The Hall–Kier alpha value is -0.130. The van der Waals surface area contributed by atoms with Crippen LogP contribution in [-0.4, -0.2) is 32.8 Å². The van der Waals surface area contributed by atoms with Crippen molar-refractivity contribution in [2.45, 2.75) is 58.5 Å². The summed E-state index contributed by atoms with van der Waals surface area (Å²) in [7, 11) is -3.12. The quantitative estimate of drug-likeness (QED) is 0.762. The molecule has 0 heterocycles. The zero-order chi connectivity index (χ0) is 12.9. The Kier molecular flexibility index (Phi) is 5.89. The second-order valence-electron chi connectivity index (χ2n) is 5.41. The average molecular weight is 262 g/mol. The molecule has 1 fully saturated rings. The van der Waals surface area contributed by atoms with E-state index in [2.05, 4.69) is 17.0 Å². The zero-order valence-electron chi connectivity index (χ0n) is 11.2. The van der Waals surface area contributed by atoms with Crippen LogP contribution in [0.4, 0.5) is 0 Å². The van der Waals surface area contributed by atoms with Gasteiger partial charge in [0.25, 0.3) is 0 Å². The minimum absolute atomic E-state index is 0.146. The van der Waals surface area contributed by atoms with Gasteiger partial charge in [0.05, 0.1) is 5.75 Å². The molecule has 2 N–H and O–H groups in total. The monoisotopic (exact) mass is 262 g/mol. The molecule has 4 nitrogen and oxygen atoms in total. The number of nitrogens with one attached hydrogen (secondary N) is 2. The van der Waals surface area contributed by atoms with Gasteiger partial charge >= 0.3 is 0 Å². The van der Waals surface area contributed by atoms with Gasteiger partial charge in [0.15, 0.2) is 0 Å². The zero-order valence-corrected chi connectivity index (χ0v) is 12.0. The van der Waals surface area contributed by atoms with Crippen LogP contribution in [0, 0.1) is 5.92 Å². The summed E-state index contributed by atoms with van der Waals surface area (Å²) >= 11 is 0. The first-order valence-electron chi connectivity index (χ1n) is 6.64. The van der Waals surface area contributed by atoms with Crippen LogP contribution in [0.2, 0.25) is 0 Å². The highest BCUT2D eigenvalue weighted by molar-refractivity contribution is 7.89. The van der Waals surface area contributed by atoms with E-state index in [1.54, 1.807) is 0 Å². The molecule has 102 valence electrons. The van der Waals surface area contributed by atoms with E-state index in [0.717, 1.165) is 19.3 Å². The normalized spacial score (nSPS) is 26.4. The first-order chi connectivity index (χ1) is 7.91. The van der Waals surface area contributed by atoms with Gasteiger partial charge in [0, 0.05) is 18.6 Å². The standard InChI is InChI=1S/C12H26N2O2S/c1-10(2)13-8-9-17(15,16)14-12-7-5-4-6-11(12)3/h10-14H,4-9H2,1-3H3. The molecule has 0 amide bonds. The maximum Gasteiger partial charge on any atom is 0.213 e. The van der Waals surface area contributed by atoms with Gasteiger partial charge in [-0.3, -0.25) is 0 Å². The molecule has 0 radical (unpaired) electrons. The largest absolute Gasteiger partial charge is 0.313 e. The summed E-state index contributed by atoms with van der Waals surface area (Å²) in [6, 6.07) is 0.478. The Morgan fingerprint density at radius 3 is 2.47 bits per heavy atom. The Balaban J connectivity index is 2.37. The topological polar surface area (TPSA) is 58.2 Å². The van der Waals surface area contributed by atoms with Crippen LogP contribution >= 0.6 is 0 Å². The molecule has 0 aliphatic heterocycles. The summed E-state index contributed by atoms with van der Waals surface area (Å²) in [4.78, 5) is 0. The third kappa shape index (κ3) is 5.84. The van der Waals surface area contributed by atoms with E-state index in [-0.39, 0.29) is 11.8 Å². The molecule has 1 aliphatic rings. The van der Waals surface area contributed by atoms with E-state index in [1.165, 1.54) is 6.42 Å². The second kappa shape index (κ2) is 6.71. The minimum Gasteiger partial charge on any atom is -0.313 e. The molecule has 1 aliphatic carbocycles. The first kappa shape index (κ1) is 14.9. The lowest BCUT2D eigenvalue weighted by Gasteiger charge is -2.29. The highest BCUT2D eigenvalue weighted by atomic mass is 32.2. The SMILES string of the molecule is CC(C)NCCS(=O)(=O)NC1CCCCC1C. The molecule has 0 aromatic carbocycles. The molecule has 0 aromatic heterocycles. The lowest BCUT2D eigenvalue weighted by molar-refractivity contribution is 0.310. The summed E-state index contributed by atoms with van der Waals surface area (Å²) in [6.45, 7) is 6.69. The van der Waals surface area contributed by atoms with Gasteiger partial charge < -0.3 is 5.32 Å². The van der Waals surface area contributed by atoms with Crippen molar-refractivity contribution >= 4 is 10.0 Å². The van der Waals surface area contributed by atoms with Crippen molar-refractivity contribution in [1.82, 2.24) is 10.0 Å². The van der Waals surface area contributed by atoms with E-state index >= 15 is 0 Å². The van der Waals surface area contributed by atoms with E-state index in [4.69, 9.17) is 0 Å². The fourth-order valence-electron chi connectivity index (χ4n) is 2.26. The highest BCUT2D eigenvalue weighted by Crippen LogP contribution is 2.24. The molecule has 1 saturated carbocycles.